The van der Waals surface area contributed by atoms with E-state index in [1.54, 1.807) is 4.90 Å². The predicted molar refractivity (Wildman–Crippen MR) is 155 cm³/mol. The number of hydroxylamine groups is 1. The Morgan fingerprint density at radius 1 is 0.905 bits per heavy atom. The van der Waals surface area contributed by atoms with Gasteiger partial charge in [0.2, 0.25) is 5.91 Å². The molecule has 1 heterocycles. The standard InChI is InChI=1S/C32H32N4O6/c37-29-16-6-1-2-7-17-30(38)42-28(25-12-4-3-5-13-25)22-36(29)21-24-11-8-10-23(18-24)20-33-34-31(39)26-14-9-15-27(19-26)32(40)35-41/h1-5,8-15,18-20,28,41H,6-7,16-17,21-22H2,(H,34,39)(H,35,40)/b2-1+,33-20+/t28-/m1/s1. The van der Waals surface area contributed by atoms with Crippen molar-refractivity contribution in [2.45, 2.75) is 38.3 Å². The first-order chi connectivity index (χ1) is 20.4. The fraction of sp³-hybridized carbons (Fsp3) is 0.219. The predicted octanol–water partition coefficient (Wildman–Crippen LogP) is 4.31. The highest BCUT2D eigenvalue weighted by Gasteiger charge is 2.24. The molecule has 0 fully saturated rings. The fourth-order valence-electron chi connectivity index (χ4n) is 4.44. The van der Waals surface area contributed by atoms with E-state index in [0.29, 0.717) is 24.8 Å². The highest BCUT2D eigenvalue weighted by atomic mass is 16.5. The maximum absolute atomic E-state index is 13.3. The normalized spacial score (nSPS) is 17.1. The average molecular weight is 569 g/mol. The van der Waals surface area contributed by atoms with E-state index in [-0.39, 0.29) is 42.5 Å². The van der Waals surface area contributed by atoms with E-state index in [9.17, 15) is 19.2 Å². The fourth-order valence-corrected chi connectivity index (χ4v) is 4.44. The largest absolute Gasteiger partial charge is 0.456 e. The Balaban J connectivity index is 1.48. The van der Waals surface area contributed by atoms with Crippen molar-refractivity contribution in [3.05, 3.63) is 119 Å². The molecule has 0 radical (unpaired) electrons. The highest BCUT2D eigenvalue weighted by molar-refractivity contribution is 5.99. The van der Waals surface area contributed by atoms with E-state index < -0.39 is 17.9 Å². The molecule has 10 nitrogen and oxygen atoms in total. The number of amides is 3. The van der Waals surface area contributed by atoms with Crippen LogP contribution in [0.15, 0.2) is 96.1 Å². The molecule has 3 aromatic carbocycles. The Hall–Kier alpha value is -5.09. The van der Waals surface area contributed by atoms with Gasteiger partial charge in [0.25, 0.3) is 11.8 Å². The third kappa shape index (κ3) is 8.70. The molecule has 0 aliphatic carbocycles. The number of esters is 1. The summed E-state index contributed by atoms with van der Waals surface area (Å²) in [5.41, 5.74) is 6.61. The Labute approximate surface area is 243 Å². The molecule has 0 bridgehead atoms. The van der Waals surface area contributed by atoms with Gasteiger partial charge in [-0.25, -0.2) is 10.9 Å². The third-order valence-corrected chi connectivity index (χ3v) is 6.58. The number of nitrogens with zero attached hydrogens (tertiary/aromatic N) is 2. The molecular weight excluding hydrogens is 536 g/mol. The smallest absolute Gasteiger partial charge is 0.306 e. The minimum absolute atomic E-state index is 0.0550. The molecule has 10 heteroatoms. The number of hydrazone groups is 1. The zero-order valence-electron chi connectivity index (χ0n) is 22.9. The van der Waals surface area contributed by atoms with E-state index in [1.165, 1.54) is 36.0 Å². The molecule has 42 heavy (non-hydrogen) atoms. The molecule has 1 atom stereocenters. The summed E-state index contributed by atoms with van der Waals surface area (Å²) in [6.45, 7) is 0.497. The Bertz CT molecular complexity index is 1470. The number of carbonyl (C=O) groups excluding carboxylic acids is 4. The molecule has 0 aromatic heterocycles. The van der Waals surface area contributed by atoms with Gasteiger partial charge < -0.3 is 9.64 Å². The van der Waals surface area contributed by atoms with Crippen LogP contribution in [0.3, 0.4) is 0 Å². The molecule has 1 aliphatic rings. The van der Waals surface area contributed by atoms with Crippen molar-refractivity contribution in [2.75, 3.05) is 6.54 Å². The lowest BCUT2D eigenvalue weighted by atomic mass is 10.1. The Morgan fingerprint density at radius 2 is 1.62 bits per heavy atom. The maximum atomic E-state index is 13.3. The lowest BCUT2D eigenvalue weighted by Crippen LogP contribution is -2.35. The topological polar surface area (TPSA) is 137 Å². The molecule has 4 rings (SSSR count). The van der Waals surface area contributed by atoms with Crippen LogP contribution in [0.5, 0.6) is 0 Å². The van der Waals surface area contributed by atoms with Crippen LogP contribution in [-0.4, -0.2) is 46.6 Å². The van der Waals surface area contributed by atoms with Gasteiger partial charge in [0, 0.05) is 30.5 Å². The van der Waals surface area contributed by atoms with Crippen molar-refractivity contribution in [1.29, 1.82) is 0 Å². The molecule has 0 unspecified atom stereocenters. The molecule has 0 saturated heterocycles. The van der Waals surface area contributed by atoms with Gasteiger partial charge in [0.1, 0.15) is 6.10 Å². The second-order valence-corrected chi connectivity index (χ2v) is 9.68. The van der Waals surface area contributed by atoms with Crippen molar-refractivity contribution in [3.63, 3.8) is 0 Å². The van der Waals surface area contributed by atoms with Crippen molar-refractivity contribution in [1.82, 2.24) is 15.8 Å². The van der Waals surface area contributed by atoms with Gasteiger partial charge in [0.15, 0.2) is 0 Å². The summed E-state index contributed by atoms with van der Waals surface area (Å²) in [4.78, 5) is 51.6. The van der Waals surface area contributed by atoms with Gasteiger partial charge in [-0.15, -0.1) is 0 Å². The summed E-state index contributed by atoms with van der Waals surface area (Å²) >= 11 is 0. The molecular formula is C32H32N4O6. The summed E-state index contributed by atoms with van der Waals surface area (Å²) < 4.78 is 5.83. The molecule has 3 aromatic rings. The van der Waals surface area contributed by atoms with E-state index in [4.69, 9.17) is 9.94 Å². The zero-order chi connectivity index (χ0) is 29.7. The van der Waals surface area contributed by atoms with Crippen molar-refractivity contribution in [2.24, 2.45) is 5.10 Å². The second-order valence-electron chi connectivity index (χ2n) is 9.68. The lowest BCUT2D eigenvalue weighted by molar-refractivity contribution is -0.152. The molecule has 1 aliphatic heterocycles. The summed E-state index contributed by atoms with van der Waals surface area (Å²) in [5, 5.41) is 12.8. The number of benzene rings is 3. The van der Waals surface area contributed by atoms with Gasteiger partial charge in [-0.1, -0.05) is 66.7 Å². The number of ether oxygens (including phenoxy) is 1. The number of hydrogen-bond acceptors (Lipinski definition) is 7. The van der Waals surface area contributed by atoms with Crippen LogP contribution in [0, 0.1) is 0 Å². The molecule has 0 saturated carbocycles. The van der Waals surface area contributed by atoms with Crippen LogP contribution in [0.4, 0.5) is 0 Å². The van der Waals surface area contributed by atoms with Gasteiger partial charge in [-0.3, -0.25) is 24.4 Å². The molecule has 3 amide bonds. The maximum Gasteiger partial charge on any atom is 0.306 e. The first-order valence-electron chi connectivity index (χ1n) is 13.6. The van der Waals surface area contributed by atoms with Crippen molar-refractivity contribution in [3.8, 4) is 0 Å². The van der Waals surface area contributed by atoms with Gasteiger partial charge in [-0.05, 0) is 53.8 Å². The minimum atomic E-state index is -0.731. The summed E-state index contributed by atoms with van der Waals surface area (Å²) in [6.07, 6.45) is 6.46. The van der Waals surface area contributed by atoms with Crippen LogP contribution < -0.4 is 10.9 Å². The third-order valence-electron chi connectivity index (χ3n) is 6.58. The monoisotopic (exact) mass is 568 g/mol. The Kier molecular flexibility index (Phi) is 10.7. The van der Waals surface area contributed by atoms with Crippen LogP contribution >= 0.6 is 0 Å². The lowest BCUT2D eigenvalue weighted by Gasteiger charge is -2.28. The number of rotatable bonds is 7. The molecule has 3 N–H and O–H groups in total. The highest BCUT2D eigenvalue weighted by Crippen LogP contribution is 2.23. The first kappa shape index (κ1) is 29.9. The van der Waals surface area contributed by atoms with Gasteiger partial charge in [0.05, 0.1) is 12.8 Å². The molecule has 0 spiro atoms. The average Bonchev–Trinajstić information content (AvgIpc) is 3.01. The van der Waals surface area contributed by atoms with Crippen molar-refractivity contribution < 1.29 is 29.1 Å². The SMILES string of the molecule is O=C1CC/C=C/CCC(=O)N(Cc2cccc(/C=N/NC(=O)c3cccc(C(=O)NO)c3)c2)C[C@H](c2ccccc2)O1. The van der Waals surface area contributed by atoms with Crippen LogP contribution in [-0.2, 0) is 20.9 Å². The number of hydrogen-bond donors (Lipinski definition) is 3. The van der Waals surface area contributed by atoms with Crippen LogP contribution in [0.2, 0.25) is 0 Å². The Morgan fingerprint density at radius 3 is 2.38 bits per heavy atom. The minimum Gasteiger partial charge on any atom is -0.456 e. The number of allylic oxidation sites excluding steroid dienone is 2. The number of carbonyl (C=O) groups is 4. The van der Waals surface area contributed by atoms with E-state index in [1.807, 2.05) is 66.7 Å². The summed E-state index contributed by atoms with van der Waals surface area (Å²) in [7, 11) is 0. The van der Waals surface area contributed by atoms with Crippen LogP contribution in [0.25, 0.3) is 0 Å². The van der Waals surface area contributed by atoms with Crippen molar-refractivity contribution >= 4 is 29.9 Å². The number of cyclic esters (lactones) is 1. The van der Waals surface area contributed by atoms with Gasteiger partial charge in [-0.2, -0.15) is 5.10 Å². The van der Waals surface area contributed by atoms with Crippen LogP contribution in [0.1, 0.15) is 69.2 Å². The summed E-state index contributed by atoms with van der Waals surface area (Å²) in [6, 6.07) is 22.6. The van der Waals surface area contributed by atoms with E-state index in [2.05, 4.69) is 10.5 Å². The van der Waals surface area contributed by atoms with E-state index in [0.717, 1.165) is 11.1 Å². The quantitative estimate of drug-likeness (QED) is 0.128. The summed E-state index contributed by atoms with van der Waals surface area (Å²) in [5.74, 6) is -1.63. The van der Waals surface area contributed by atoms with Gasteiger partial charge >= 0.3 is 5.97 Å². The molecule has 216 valence electrons. The van der Waals surface area contributed by atoms with E-state index >= 15 is 0 Å². The zero-order valence-corrected chi connectivity index (χ0v) is 22.9. The first-order valence-corrected chi connectivity index (χ1v) is 13.6. The second kappa shape index (κ2) is 15.1. The number of nitrogens with one attached hydrogen (secondary N) is 2.